The quantitative estimate of drug-likeness (QED) is 0.00801. The van der Waals surface area contributed by atoms with Crippen LogP contribution in [0, 0.1) is 0 Å². The number of aromatic hydroxyl groups is 1. The molecule has 69 heavy (non-hydrogen) atoms. The summed E-state index contributed by atoms with van der Waals surface area (Å²) in [5.41, 5.74) is 2.08. The van der Waals surface area contributed by atoms with Gasteiger partial charge in [-0.15, -0.1) is 24.8 Å². The molecule has 4 aromatic rings. The number of sulfone groups is 2. The topological polar surface area (TPSA) is 438 Å². The van der Waals surface area contributed by atoms with Gasteiger partial charge in [0, 0.05) is 17.7 Å². The van der Waals surface area contributed by atoms with Gasteiger partial charge in [-0.2, -0.15) is 4.33 Å². The second-order valence-electron chi connectivity index (χ2n) is 11.4. The third kappa shape index (κ3) is 20.3. The smallest absolute Gasteiger partial charge is 0.744 e. The minimum absolute atomic E-state index is 0. The Hall–Kier alpha value is 0.110. The summed E-state index contributed by atoms with van der Waals surface area (Å²) < 4.78 is 148. The van der Waals surface area contributed by atoms with Gasteiger partial charge in [0.1, 0.15) is 43.6 Å². The Labute approximate surface area is 512 Å². The van der Waals surface area contributed by atoms with Gasteiger partial charge in [-0.05, 0) is 35.7 Å². The van der Waals surface area contributed by atoms with Crippen molar-refractivity contribution in [1.82, 2.24) is 0 Å². The molecule has 0 aliphatic rings. The number of nitrogen functional groups attached to an aromatic ring is 1. The van der Waals surface area contributed by atoms with Crippen LogP contribution in [0.15, 0.2) is 82.5 Å². The number of hydrogen-bond donors (Lipinski definition) is 2. The summed E-state index contributed by atoms with van der Waals surface area (Å²) in [7, 11) is -17.4. The van der Waals surface area contributed by atoms with Crippen molar-refractivity contribution < 1.29 is 253 Å². The number of rotatable bonds is 23. The third-order valence-corrected chi connectivity index (χ3v) is 13.4. The van der Waals surface area contributed by atoms with E-state index in [1.54, 1.807) is 0 Å². The fraction of sp³-hybridized carbons (Fsp3) is 0.233. The number of nitrogens with zero attached hydrogens (tertiary/aromatic N) is 4. The number of methoxy groups -OCH3 is 2. The standard InChI is InChI=1S/C29H29N5O23S6.CH4.5Na/c1-50-19-13-22(61(42,43)8-6-53-63(47,48)49)20(51-2)12-18(19)32-34-27-23(62(44,45)46)10-14-9-21(58-56-54-38)26(28(35)24(14)25(27)30)33-31-17-4-3-15(11-16(17)29(36)37)60(40,41)7-5-52-59-57-55-39;;;;;;/h3-4,9-13,35,38-39H,5-8,30H2,1-2H3,(H,36,37)(H,44,45,46)(H,47,48,49);1H4;;;;;/q;;5*+1/p-5. The zero-order chi connectivity index (χ0) is 46.9. The number of phenolic OH excluding ortho intramolecular Hbond substituents is 1. The minimum atomic E-state index is -5.53. The van der Waals surface area contributed by atoms with E-state index in [1.807, 2.05) is 0 Å². The van der Waals surface area contributed by atoms with Crippen molar-refractivity contribution in [2.24, 2.45) is 20.5 Å². The van der Waals surface area contributed by atoms with E-state index in [4.69, 9.17) is 15.2 Å². The molecule has 39 heteroatoms. The molecule has 0 heterocycles. The van der Waals surface area contributed by atoms with E-state index in [2.05, 4.69) is 47.6 Å². The summed E-state index contributed by atoms with van der Waals surface area (Å²) in [6, 6.07) is 5.86. The largest absolute Gasteiger partial charge is 1.00 e. The Morgan fingerprint density at radius 1 is 0.725 bits per heavy atom. The predicted molar refractivity (Wildman–Crippen MR) is 207 cm³/mol. The Bertz CT molecular complexity index is 2920. The van der Waals surface area contributed by atoms with Gasteiger partial charge in [-0.1, -0.05) is 7.43 Å². The second kappa shape index (κ2) is 32.5. The summed E-state index contributed by atoms with van der Waals surface area (Å²) in [5, 5.41) is 64.8. The number of carboxylic acid groups (broad SMARTS) is 1. The van der Waals surface area contributed by atoms with Crippen LogP contribution in [0.4, 0.5) is 28.4 Å². The molecule has 0 saturated heterocycles. The van der Waals surface area contributed by atoms with Crippen LogP contribution in [0.25, 0.3) is 10.8 Å². The van der Waals surface area contributed by atoms with Crippen molar-refractivity contribution in [3.63, 3.8) is 0 Å². The Morgan fingerprint density at radius 2 is 1.30 bits per heavy atom. The van der Waals surface area contributed by atoms with E-state index in [-0.39, 0.29) is 191 Å². The van der Waals surface area contributed by atoms with E-state index in [1.165, 1.54) is 0 Å². The monoisotopic (exact) mass is 1130 g/mol. The number of carboxylic acids is 1. The molecule has 0 spiro atoms. The minimum Gasteiger partial charge on any atom is -0.744 e. The van der Waals surface area contributed by atoms with E-state index < -0.39 is 141 Å². The van der Waals surface area contributed by atoms with Crippen molar-refractivity contribution in [2.45, 2.75) is 27.0 Å². The summed E-state index contributed by atoms with van der Waals surface area (Å²) >= 11 is 0.0854. The molecule has 0 atom stereocenters. The molecule has 0 bridgehead atoms. The molecule has 0 fully saturated rings. The van der Waals surface area contributed by atoms with Gasteiger partial charge in [0.2, 0.25) is 10.4 Å². The van der Waals surface area contributed by atoms with Crippen molar-refractivity contribution in [3.05, 3.63) is 48.0 Å². The van der Waals surface area contributed by atoms with E-state index in [0.29, 0.717) is 12.1 Å². The number of ether oxygens (including phenoxy) is 2. The Balaban J connectivity index is -0.00000726. The van der Waals surface area contributed by atoms with E-state index in [9.17, 15) is 68.3 Å². The van der Waals surface area contributed by atoms with Crippen molar-refractivity contribution in [1.29, 1.82) is 0 Å². The molecule has 0 aromatic heterocycles. The molecule has 3 N–H and O–H groups in total. The number of fused-ring (bicyclic) bond motifs is 1. The zero-order valence-electron chi connectivity index (χ0n) is 36.1. The number of benzene rings is 4. The first kappa shape index (κ1) is 73.4. The molecule has 0 saturated carbocycles. The SMILES string of the molecule is C.COc1cc(S(=O)(=O)CCOS(=O)(=O)[O-])c(OC)cc1N=Nc1c(S(=O)(=O)[O-])cc2cc(SOO[O-])c(N=Nc3ccc(S(=O)(=O)CCOSOO[O-])cc3C(=O)[O-])c(O)c2c1N.[Na+].[Na+].[Na+].[Na+].[Na+]. The van der Waals surface area contributed by atoms with Gasteiger partial charge in [0.05, 0.1) is 88.4 Å². The number of anilines is 1. The number of aromatic carboxylic acids is 1. The maximum absolute atomic E-state index is 13.0. The Morgan fingerprint density at radius 3 is 1.86 bits per heavy atom. The van der Waals surface area contributed by atoms with Gasteiger partial charge in [0.25, 0.3) is 0 Å². The number of nitrogens with two attached hydrogens (primary N) is 1. The van der Waals surface area contributed by atoms with Gasteiger partial charge < -0.3 is 49.8 Å². The van der Waals surface area contributed by atoms with Crippen LogP contribution in [-0.2, 0) is 67.3 Å². The van der Waals surface area contributed by atoms with E-state index in [0.717, 1.165) is 44.6 Å². The van der Waals surface area contributed by atoms with Crippen LogP contribution in [0.1, 0.15) is 17.8 Å². The first-order valence-corrected chi connectivity index (χ1v) is 23.4. The number of phenols is 1. The Kier molecular flexibility index (Phi) is 34.6. The summed E-state index contributed by atoms with van der Waals surface area (Å²) in [6.07, 6.45) is 0. The number of carbonyl (C=O) groups is 1. The van der Waals surface area contributed by atoms with Crippen LogP contribution in [0.5, 0.6) is 17.2 Å². The second-order valence-corrected chi connectivity index (χ2v) is 19.3. The first-order valence-electron chi connectivity index (χ1n) is 16.0. The molecule has 0 unspecified atom stereocenters. The van der Waals surface area contributed by atoms with Crippen LogP contribution >= 0.6 is 24.4 Å². The van der Waals surface area contributed by atoms with Crippen LogP contribution < -0.4 is 179 Å². The van der Waals surface area contributed by atoms with Crippen molar-refractivity contribution >= 4 is 110 Å². The van der Waals surface area contributed by atoms with Gasteiger partial charge in [-0.25, -0.2) is 33.7 Å². The maximum atomic E-state index is 13.0. The van der Waals surface area contributed by atoms with Crippen molar-refractivity contribution in [3.8, 4) is 17.2 Å². The normalized spacial score (nSPS) is 11.6. The number of hydrogen-bond acceptors (Lipinski definition) is 30. The fourth-order valence-corrected chi connectivity index (χ4v) is 9.27. The summed E-state index contributed by atoms with van der Waals surface area (Å²) in [6.45, 7) is -1.62. The van der Waals surface area contributed by atoms with Crippen molar-refractivity contribution in [2.75, 3.05) is 44.7 Å². The van der Waals surface area contributed by atoms with Gasteiger partial charge in [0.15, 0.2) is 37.7 Å². The first-order chi connectivity index (χ1) is 29.5. The molecule has 0 aliphatic heterocycles. The number of azo groups is 2. The molecule has 0 radical (unpaired) electrons. The van der Waals surface area contributed by atoms with Crippen LogP contribution in [0.2, 0.25) is 0 Å². The molecule has 4 rings (SSSR count). The maximum Gasteiger partial charge on any atom is 1.00 e. The third-order valence-electron chi connectivity index (χ3n) is 7.72. The average Bonchev–Trinajstić information content (AvgIpc) is 3.20. The molecule has 352 valence electrons. The van der Waals surface area contributed by atoms with Gasteiger partial charge in [-0.3, -0.25) is 18.4 Å². The molecule has 0 amide bonds. The van der Waals surface area contributed by atoms with Crippen LogP contribution in [-0.4, -0.2) is 92.8 Å². The summed E-state index contributed by atoms with van der Waals surface area (Å²) in [4.78, 5) is 9.33. The summed E-state index contributed by atoms with van der Waals surface area (Å²) in [5.74, 6) is -5.56. The van der Waals surface area contributed by atoms with Crippen LogP contribution in [0.3, 0.4) is 0 Å². The predicted octanol–water partition coefficient (Wildman–Crippen LogP) is -14.0. The average molecular weight is 1130 g/mol. The fourth-order valence-electron chi connectivity index (χ4n) is 5.04. The van der Waals surface area contributed by atoms with E-state index >= 15 is 0 Å². The molecule has 4 aromatic carbocycles. The molecule has 0 aliphatic carbocycles. The molecular weight excluding hydrogens is 1110 g/mol. The molecule has 28 nitrogen and oxygen atoms in total. The molecular formula is C30H28N5Na5O23S6. The van der Waals surface area contributed by atoms with Gasteiger partial charge >= 0.3 is 148 Å². The number of carbonyl (C=O) groups excluding carboxylic acids is 1. The zero-order valence-corrected chi connectivity index (χ0v) is 51.0.